The molecule has 0 aliphatic carbocycles. The summed E-state index contributed by atoms with van der Waals surface area (Å²) in [7, 11) is 0. The monoisotopic (exact) mass is 431 g/mol. The summed E-state index contributed by atoms with van der Waals surface area (Å²) in [6, 6.07) is 16.4. The number of esters is 1. The maximum Gasteiger partial charge on any atom is 0.354 e. The Morgan fingerprint density at radius 2 is 1.88 bits per heavy atom. The molecule has 2 atom stereocenters. The van der Waals surface area contributed by atoms with Crippen molar-refractivity contribution in [2.45, 2.75) is 32.4 Å². The Morgan fingerprint density at radius 3 is 2.53 bits per heavy atom. The number of carbonyl (C=O) groups is 2. The molecule has 1 aromatic heterocycles. The zero-order valence-electron chi connectivity index (χ0n) is 18.0. The summed E-state index contributed by atoms with van der Waals surface area (Å²) in [5.41, 5.74) is 2.94. The fraction of sp³-hybridized carbons (Fsp3) is 0.250. The Morgan fingerprint density at radius 1 is 1.12 bits per heavy atom. The third-order valence-electron chi connectivity index (χ3n) is 5.30. The summed E-state index contributed by atoms with van der Waals surface area (Å²) >= 11 is 0. The number of anilines is 1. The van der Waals surface area contributed by atoms with Crippen LogP contribution in [0.25, 0.3) is 5.69 Å². The van der Waals surface area contributed by atoms with Crippen molar-refractivity contribution < 1.29 is 14.3 Å². The van der Waals surface area contributed by atoms with Crippen molar-refractivity contribution in [3.05, 3.63) is 78.9 Å². The first-order valence-electron chi connectivity index (χ1n) is 10.5. The van der Waals surface area contributed by atoms with Gasteiger partial charge in [0.2, 0.25) is 5.91 Å². The van der Waals surface area contributed by atoms with Crippen LogP contribution in [0.15, 0.2) is 78.4 Å². The second-order valence-electron chi connectivity index (χ2n) is 7.46. The molecule has 0 fully saturated rings. The van der Waals surface area contributed by atoms with E-state index >= 15 is 0 Å². The molecule has 8 nitrogen and oxygen atoms in total. The van der Waals surface area contributed by atoms with E-state index in [1.54, 1.807) is 24.5 Å². The van der Waals surface area contributed by atoms with E-state index in [2.05, 4.69) is 15.4 Å². The SMILES string of the molecule is CCOC(=O)C1=NN(c2ccccc2)C(C(=O)NC(C)c2ccc(-n3ccnc3)cc2)C1. The highest BCUT2D eigenvalue weighted by atomic mass is 16.5. The average molecular weight is 431 g/mol. The predicted molar refractivity (Wildman–Crippen MR) is 122 cm³/mol. The lowest BCUT2D eigenvalue weighted by Gasteiger charge is -2.24. The van der Waals surface area contributed by atoms with Crippen LogP contribution in [0.5, 0.6) is 0 Å². The Bertz CT molecular complexity index is 1090. The van der Waals surface area contributed by atoms with Gasteiger partial charge in [0.25, 0.3) is 0 Å². The topological polar surface area (TPSA) is 88.8 Å². The van der Waals surface area contributed by atoms with Crippen LogP contribution in [-0.2, 0) is 14.3 Å². The summed E-state index contributed by atoms with van der Waals surface area (Å²) in [6.45, 7) is 3.93. The molecule has 1 N–H and O–H groups in total. The van der Waals surface area contributed by atoms with Gasteiger partial charge in [-0.1, -0.05) is 30.3 Å². The van der Waals surface area contributed by atoms with Gasteiger partial charge in [0, 0.05) is 24.5 Å². The fourth-order valence-corrected chi connectivity index (χ4v) is 3.61. The van der Waals surface area contributed by atoms with Crippen LogP contribution >= 0.6 is 0 Å². The average Bonchev–Trinajstić information content (AvgIpc) is 3.50. The zero-order valence-corrected chi connectivity index (χ0v) is 18.0. The van der Waals surface area contributed by atoms with Crippen LogP contribution in [0, 0.1) is 0 Å². The molecule has 1 amide bonds. The molecular formula is C24H25N5O3. The van der Waals surface area contributed by atoms with Gasteiger partial charge in [-0.15, -0.1) is 0 Å². The summed E-state index contributed by atoms with van der Waals surface area (Å²) < 4.78 is 7.01. The van der Waals surface area contributed by atoms with Gasteiger partial charge < -0.3 is 14.6 Å². The van der Waals surface area contributed by atoms with Gasteiger partial charge in [-0.25, -0.2) is 9.78 Å². The molecular weight excluding hydrogens is 406 g/mol. The van der Waals surface area contributed by atoms with Gasteiger partial charge in [-0.05, 0) is 43.7 Å². The van der Waals surface area contributed by atoms with Crippen molar-refractivity contribution in [2.24, 2.45) is 5.10 Å². The highest BCUT2D eigenvalue weighted by molar-refractivity contribution is 6.38. The normalized spacial score (nSPS) is 16.4. The van der Waals surface area contributed by atoms with Crippen LogP contribution < -0.4 is 10.3 Å². The first kappa shape index (κ1) is 21.3. The number of benzene rings is 2. The largest absolute Gasteiger partial charge is 0.461 e. The molecule has 2 unspecified atom stereocenters. The number of imidazole rings is 1. The van der Waals surface area contributed by atoms with E-state index in [4.69, 9.17) is 4.74 Å². The molecule has 2 aromatic carbocycles. The molecule has 32 heavy (non-hydrogen) atoms. The van der Waals surface area contributed by atoms with E-state index in [1.165, 1.54) is 0 Å². The van der Waals surface area contributed by atoms with Crippen molar-refractivity contribution in [1.82, 2.24) is 14.9 Å². The summed E-state index contributed by atoms with van der Waals surface area (Å²) in [4.78, 5) is 29.5. The number of ether oxygens (including phenoxy) is 1. The lowest BCUT2D eigenvalue weighted by atomic mass is 10.1. The van der Waals surface area contributed by atoms with Crippen molar-refractivity contribution in [1.29, 1.82) is 0 Å². The van der Waals surface area contributed by atoms with Crippen molar-refractivity contribution in [2.75, 3.05) is 11.6 Å². The molecule has 0 saturated carbocycles. The minimum Gasteiger partial charge on any atom is -0.461 e. The van der Waals surface area contributed by atoms with E-state index in [-0.39, 0.29) is 30.7 Å². The summed E-state index contributed by atoms with van der Waals surface area (Å²) in [6.07, 6.45) is 5.52. The van der Waals surface area contributed by atoms with Crippen molar-refractivity contribution in [3.63, 3.8) is 0 Å². The van der Waals surface area contributed by atoms with Crippen molar-refractivity contribution >= 4 is 23.3 Å². The molecule has 164 valence electrons. The number of hydrogen-bond donors (Lipinski definition) is 1. The third-order valence-corrected chi connectivity index (χ3v) is 5.30. The lowest BCUT2D eigenvalue weighted by molar-refractivity contribution is -0.135. The number of nitrogens with zero attached hydrogens (tertiary/aromatic N) is 4. The first-order chi connectivity index (χ1) is 15.6. The molecule has 1 aliphatic rings. The Balaban J connectivity index is 1.49. The number of aromatic nitrogens is 2. The molecule has 0 radical (unpaired) electrons. The quantitative estimate of drug-likeness (QED) is 0.580. The summed E-state index contributed by atoms with van der Waals surface area (Å²) in [5.74, 6) is -0.699. The Hall–Kier alpha value is -3.94. The van der Waals surface area contributed by atoms with Crippen LogP contribution in [0.2, 0.25) is 0 Å². The maximum atomic E-state index is 13.2. The predicted octanol–water partition coefficient (Wildman–Crippen LogP) is 3.25. The van der Waals surface area contributed by atoms with E-state index in [0.29, 0.717) is 0 Å². The molecule has 4 rings (SSSR count). The Kier molecular flexibility index (Phi) is 6.30. The highest BCUT2D eigenvalue weighted by Crippen LogP contribution is 2.26. The number of hydrazone groups is 1. The molecule has 2 heterocycles. The number of nitrogens with one attached hydrogen (secondary N) is 1. The maximum absolute atomic E-state index is 13.2. The van der Waals surface area contributed by atoms with E-state index in [0.717, 1.165) is 16.9 Å². The van der Waals surface area contributed by atoms with Crippen LogP contribution in [-0.4, -0.2) is 39.8 Å². The minimum atomic E-state index is -0.635. The van der Waals surface area contributed by atoms with E-state index in [1.807, 2.05) is 72.3 Å². The van der Waals surface area contributed by atoms with Gasteiger partial charge in [0.15, 0.2) is 0 Å². The van der Waals surface area contributed by atoms with Gasteiger partial charge in [-0.3, -0.25) is 9.80 Å². The van der Waals surface area contributed by atoms with E-state index in [9.17, 15) is 9.59 Å². The summed E-state index contributed by atoms with van der Waals surface area (Å²) in [5, 5.41) is 9.06. The van der Waals surface area contributed by atoms with Gasteiger partial charge >= 0.3 is 5.97 Å². The standard InChI is InChI=1S/C24H25N5O3/c1-3-32-24(31)21-15-22(29(27-21)20-7-5-4-6-8-20)23(30)26-17(2)18-9-11-19(12-10-18)28-14-13-25-16-28/h4-14,16-17,22H,3,15H2,1-2H3,(H,26,30). The molecule has 0 bridgehead atoms. The lowest BCUT2D eigenvalue weighted by Crippen LogP contribution is -2.43. The van der Waals surface area contributed by atoms with Crippen molar-refractivity contribution in [3.8, 4) is 5.69 Å². The zero-order chi connectivity index (χ0) is 22.5. The number of para-hydroxylation sites is 1. The van der Waals surface area contributed by atoms with Gasteiger partial charge in [0.05, 0.1) is 24.7 Å². The highest BCUT2D eigenvalue weighted by Gasteiger charge is 2.37. The number of hydrogen-bond acceptors (Lipinski definition) is 6. The molecule has 8 heteroatoms. The number of carbonyl (C=O) groups excluding carboxylic acids is 2. The molecule has 1 aliphatic heterocycles. The molecule has 0 saturated heterocycles. The number of rotatable bonds is 7. The molecule has 0 spiro atoms. The van der Waals surface area contributed by atoms with E-state index < -0.39 is 12.0 Å². The van der Waals surface area contributed by atoms with Crippen LogP contribution in [0.3, 0.4) is 0 Å². The number of amides is 1. The molecule has 3 aromatic rings. The Labute approximate surface area is 186 Å². The second-order valence-corrected chi connectivity index (χ2v) is 7.46. The third kappa shape index (κ3) is 4.54. The fourth-order valence-electron chi connectivity index (χ4n) is 3.61. The van der Waals surface area contributed by atoms with Crippen LogP contribution in [0.4, 0.5) is 5.69 Å². The van der Waals surface area contributed by atoms with Crippen LogP contribution in [0.1, 0.15) is 31.9 Å². The van der Waals surface area contributed by atoms with Gasteiger partial charge in [-0.2, -0.15) is 5.10 Å². The van der Waals surface area contributed by atoms with Gasteiger partial charge in [0.1, 0.15) is 11.8 Å². The smallest absolute Gasteiger partial charge is 0.354 e. The second kappa shape index (κ2) is 9.47. The minimum absolute atomic E-state index is 0.186. The first-order valence-corrected chi connectivity index (χ1v) is 10.5.